The van der Waals surface area contributed by atoms with Gasteiger partial charge in [0.25, 0.3) is 0 Å². The molecule has 0 amide bonds. The first kappa shape index (κ1) is 14.4. The maximum atomic E-state index is 3.91. The molecule has 2 heteroatoms. The van der Waals surface area contributed by atoms with Crippen LogP contribution >= 0.6 is 11.8 Å². The molecule has 1 saturated carbocycles. The maximum Gasteiger partial charge on any atom is 0.0198 e. The van der Waals surface area contributed by atoms with E-state index in [0.29, 0.717) is 0 Å². The second kappa shape index (κ2) is 7.60. The average Bonchev–Trinajstić information content (AvgIpc) is 2.75. The molecule has 0 aromatic carbocycles. The Morgan fingerprint density at radius 1 is 1.25 bits per heavy atom. The van der Waals surface area contributed by atoms with Gasteiger partial charge in [-0.1, -0.05) is 33.6 Å². The van der Waals surface area contributed by atoms with Crippen LogP contribution < -0.4 is 5.32 Å². The largest absolute Gasteiger partial charge is 0.310 e. The summed E-state index contributed by atoms with van der Waals surface area (Å²) < 4.78 is 0. The molecule has 1 fully saturated rings. The van der Waals surface area contributed by atoms with Gasteiger partial charge in [0.2, 0.25) is 0 Å². The van der Waals surface area contributed by atoms with Gasteiger partial charge in [-0.15, -0.1) is 0 Å². The van der Waals surface area contributed by atoms with E-state index in [2.05, 4.69) is 44.1 Å². The molecule has 1 N–H and O–H groups in total. The highest BCUT2D eigenvalue weighted by molar-refractivity contribution is 7.99. The Kier molecular flexibility index (Phi) is 6.83. The fourth-order valence-corrected chi connectivity index (χ4v) is 3.65. The summed E-state index contributed by atoms with van der Waals surface area (Å²) in [7, 11) is 0. The zero-order valence-electron chi connectivity index (χ0n) is 11.5. The summed E-state index contributed by atoms with van der Waals surface area (Å²) >= 11 is 2.06. The van der Waals surface area contributed by atoms with Crippen molar-refractivity contribution in [3.8, 4) is 0 Å². The van der Waals surface area contributed by atoms with Crippen LogP contribution in [0.5, 0.6) is 0 Å². The van der Waals surface area contributed by atoms with Crippen LogP contribution in [0, 0.1) is 5.92 Å². The van der Waals surface area contributed by atoms with Gasteiger partial charge in [-0.2, -0.15) is 11.8 Å². The van der Waals surface area contributed by atoms with Crippen LogP contribution in [0.2, 0.25) is 0 Å². The Balaban J connectivity index is 2.37. The normalized spacial score (nSPS) is 29.2. The Hall–Kier alpha value is 0.310. The summed E-state index contributed by atoms with van der Waals surface area (Å²) in [6.45, 7) is 7.01. The first-order valence-corrected chi connectivity index (χ1v) is 8.28. The standard InChI is InChI=1S/C14H29NS/c1-5-11(3)10-12(6-2)15-13-8-7-9-14(13)16-4/h11-15H,5-10H2,1-4H3. The van der Waals surface area contributed by atoms with E-state index in [1.54, 1.807) is 0 Å². The zero-order chi connectivity index (χ0) is 12.0. The summed E-state index contributed by atoms with van der Waals surface area (Å²) in [6, 6.07) is 1.52. The minimum atomic E-state index is 0.743. The van der Waals surface area contributed by atoms with Crippen molar-refractivity contribution in [2.24, 2.45) is 5.92 Å². The molecule has 1 nitrogen and oxygen atoms in total. The Morgan fingerprint density at radius 2 is 2.00 bits per heavy atom. The molecule has 0 bridgehead atoms. The minimum absolute atomic E-state index is 0.743. The first-order chi connectivity index (χ1) is 7.71. The smallest absolute Gasteiger partial charge is 0.0198 e. The van der Waals surface area contributed by atoms with Crippen LogP contribution in [0.25, 0.3) is 0 Å². The van der Waals surface area contributed by atoms with Crippen LogP contribution in [-0.4, -0.2) is 23.6 Å². The van der Waals surface area contributed by atoms with Gasteiger partial charge in [-0.25, -0.2) is 0 Å². The third kappa shape index (κ3) is 4.29. The van der Waals surface area contributed by atoms with Crippen LogP contribution in [0.1, 0.15) is 59.3 Å². The molecule has 1 rings (SSSR count). The third-order valence-corrected chi connectivity index (χ3v) is 5.25. The predicted molar refractivity (Wildman–Crippen MR) is 76.2 cm³/mol. The van der Waals surface area contributed by atoms with Crippen LogP contribution in [0.15, 0.2) is 0 Å². The molecule has 1 aliphatic carbocycles. The van der Waals surface area contributed by atoms with E-state index < -0.39 is 0 Å². The van der Waals surface area contributed by atoms with Gasteiger partial charge >= 0.3 is 0 Å². The number of hydrogen-bond acceptors (Lipinski definition) is 2. The Bertz CT molecular complexity index is 184. The van der Waals surface area contributed by atoms with E-state index in [4.69, 9.17) is 0 Å². The molecule has 4 unspecified atom stereocenters. The second-order valence-electron chi connectivity index (χ2n) is 5.33. The van der Waals surface area contributed by atoms with Gasteiger partial charge in [-0.3, -0.25) is 0 Å². The van der Waals surface area contributed by atoms with Crippen molar-refractivity contribution in [1.82, 2.24) is 5.32 Å². The molecule has 4 atom stereocenters. The summed E-state index contributed by atoms with van der Waals surface area (Å²) in [5.74, 6) is 0.867. The monoisotopic (exact) mass is 243 g/mol. The number of hydrogen-bond donors (Lipinski definition) is 1. The lowest BCUT2D eigenvalue weighted by Crippen LogP contribution is -2.42. The van der Waals surface area contributed by atoms with Gasteiger partial charge in [-0.05, 0) is 37.9 Å². The molecule has 0 aromatic heterocycles. The fraction of sp³-hybridized carbons (Fsp3) is 1.00. The van der Waals surface area contributed by atoms with Crippen molar-refractivity contribution in [3.63, 3.8) is 0 Å². The van der Waals surface area contributed by atoms with Crippen molar-refractivity contribution < 1.29 is 0 Å². The van der Waals surface area contributed by atoms with Gasteiger partial charge in [0, 0.05) is 17.3 Å². The molecule has 96 valence electrons. The highest BCUT2D eigenvalue weighted by Crippen LogP contribution is 2.29. The molecule has 0 spiro atoms. The lowest BCUT2D eigenvalue weighted by molar-refractivity contribution is 0.351. The third-order valence-electron chi connectivity index (χ3n) is 4.08. The SMILES string of the molecule is CCC(C)CC(CC)NC1CCCC1SC. The Morgan fingerprint density at radius 3 is 2.56 bits per heavy atom. The van der Waals surface area contributed by atoms with Gasteiger partial charge in [0.15, 0.2) is 0 Å². The quantitative estimate of drug-likeness (QED) is 0.723. The zero-order valence-corrected chi connectivity index (χ0v) is 12.3. The number of nitrogens with one attached hydrogen (secondary N) is 1. The predicted octanol–water partition coefficient (Wildman–Crippen LogP) is 4.07. The summed E-state index contributed by atoms with van der Waals surface area (Å²) in [5, 5.41) is 4.78. The van der Waals surface area contributed by atoms with Crippen LogP contribution in [0.4, 0.5) is 0 Å². The summed E-state index contributed by atoms with van der Waals surface area (Å²) in [4.78, 5) is 0. The molecular formula is C14H29NS. The Labute approximate surface area is 106 Å². The summed E-state index contributed by atoms with van der Waals surface area (Å²) in [5.41, 5.74) is 0. The van der Waals surface area contributed by atoms with Crippen LogP contribution in [0.3, 0.4) is 0 Å². The minimum Gasteiger partial charge on any atom is -0.310 e. The fourth-order valence-electron chi connectivity index (χ4n) is 2.71. The van der Waals surface area contributed by atoms with E-state index in [-0.39, 0.29) is 0 Å². The maximum absolute atomic E-state index is 3.91. The van der Waals surface area contributed by atoms with Gasteiger partial charge in [0.05, 0.1) is 0 Å². The molecule has 0 aromatic rings. The highest BCUT2D eigenvalue weighted by atomic mass is 32.2. The molecule has 0 radical (unpaired) electrons. The van der Waals surface area contributed by atoms with Gasteiger partial charge in [0.1, 0.15) is 0 Å². The molecule has 1 aliphatic rings. The first-order valence-electron chi connectivity index (χ1n) is 7.00. The molecule has 0 heterocycles. The van der Waals surface area contributed by atoms with Crippen molar-refractivity contribution in [2.45, 2.75) is 76.6 Å². The van der Waals surface area contributed by atoms with E-state index in [9.17, 15) is 0 Å². The number of rotatable bonds is 7. The number of thioether (sulfide) groups is 1. The van der Waals surface area contributed by atoms with E-state index >= 15 is 0 Å². The topological polar surface area (TPSA) is 12.0 Å². The van der Waals surface area contributed by atoms with E-state index in [1.165, 1.54) is 38.5 Å². The van der Waals surface area contributed by atoms with Crippen molar-refractivity contribution in [3.05, 3.63) is 0 Å². The molecule has 0 saturated heterocycles. The second-order valence-corrected chi connectivity index (χ2v) is 6.41. The van der Waals surface area contributed by atoms with Crippen LogP contribution in [-0.2, 0) is 0 Å². The van der Waals surface area contributed by atoms with Crippen molar-refractivity contribution >= 4 is 11.8 Å². The van der Waals surface area contributed by atoms with Crippen molar-refractivity contribution in [1.29, 1.82) is 0 Å². The van der Waals surface area contributed by atoms with E-state index in [0.717, 1.165) is 23.3 Å². The average molecular weight is 243 g/mol. The lowest BCUT2D eigenvalue weighted by Gasteiger charge is -2.27. The lowest BCUT2D eigenvalue weighted by atomic mass is 9.97. The summed E-state index contributed by atoms with van der Waals surface area (Å²) in [6.07, 6.45) is 10.4. The molecule has 16 heavy (non-hydrogen) atoms. The highest BCUT2D eigenvalue weighted by Gasteiger charge is 2.27. The molecular weight excluding hydrogens is 214 g/mol. The van der Waals surface area contributed by atoms with Crippen molar-refractivity contribution in [2.75, 3.05) is 6.26 Å². The molecule has 0 aliphatic heterocycles. The van der Waals surface area contributed by atoms with E-state index in [1.807, 2.05) is 0 Å². The van der Waals surface area contributed by atoms with Gasteiger partial charge < -0.3 is 5.32 Å².